The van der Waals surface area contributed by atoms with Gasteiger partial charge in [0.05, 0.1) is 17.6 Å². The monoisotopic (exact) mass is 525 g/mol. The highest BCUT2D eigenvalue weighted by Gasteiger charge is 2.22. The number of nitrogens with one attached hydrogen (secondary N) is 3. The van der Waals surface area contributed by atoms with Gasteiger partial charge in [-0.15, -0.1) is 0 Å². The number of rotatable bonds is 7. The van der Waals surface area contributed by atoms with Gasteiger partial charge in [0.1, 0.15) is 23.1 Å². The van der Waals surface area contributed by atoms with Crippen LogP contribution in [-0.2, 0) is 5.41 Å². The highest BCUT2D eigenvalue weighted by atomic mass is 16.5. The summed E-state index contributed by atoms with van der Waals surface area (Å²) in [7, 11) is 0. The van der Waals surface area contributed by atoms with E-state index in [1.165, 1.54) is 0 Å². The molecule has 0 atom stereocenters. The van der Waals surface area contributed by atoms with Crippen molar-refractivity contribution in [1.29, 1.82) is 0 Å². The van der Waals surface area contributed by atoms with Gasteiger partial charge in [-0.05, 0) is 62.4 Å². The summed E-state index contributed by atoms with van der Waals surface area (Å²) in [5, 5.41) is 18.5. The standard InChI is InChI=1S/C29H31N7O3/c1-18(2)32-26-15-23(12-13-30-26)38-22-9-6-20(7-10-22)33-28(37)34-27-16-25(29(3,4)5)35-36(27)21-8-11-24-19(14-21)17-31-39-24/h6-18H,1-5H3,(H,30,32)(H2,33,34,37). The Morgan fingerprint density at radius 1 is 0.974 bits per heavy atom. The van der Waals surface area contributed by atoms with Crippen molar-refractivity contribution in [3.05, 3.63) is 78.8 Å². The first kappa shape index (κ1) is 25.8. The largest absolute Gasteiger partial charge is 0.457 e. The molecule has 3 aromatic heterocycles. The lowest BCUT2D eigenvalue weighted by atomic mass is 9.92. The summed E-state index contributed by atoms with van der Waals surface area (Å²) < 4.78 is 12.9. The summed E-state index contributed by atoms with van der Waals surface area (Å²) in [5.74, 6) is 2.59. The third-order valence-corrected chi connectivity index (χ3v) is 5.82. The highest BCUT2D eigenvalue weighted by molar-refractivity contribution is 5.99. The van der Waals surface area contributed by atoms with E-state index < -0.39 is 6.03 Å². The van der Waals surface area contributed by atoms with Crippen LogP contribution < -0.4 is 20.7 Å². The van der Waals surface area contributed by atoms with E-state index in [-0.39, 0.29) is 11.5 Å². The van der Waals surface area contributed by atoms with Gasteiger partial charge in [-0.25, -0.2) is 14.5 Å². The van der Waals surface area contributed by atoms with Crippen LogP contribution in [0.3, 0.4) is 0 Å². The predicted octanol–water partition coefficient (Wildman–Crippen LogP) is 6.96. The molecule has 0 unspecified atom stereocenters. The Hall–Kier alpha value is -4.86. The van der Waals surface area contributed by atoms with Crippen molar-refractivity contribution >= 4 is 34.3 Å². The minimum absolute atomic E-state index is 0.213. The number of benzene rings is 2. The van der Waals surface area contributed by atoms with E-state index in [4.69, 9.17) is 14.4 Å². The maximum Gasteiger partial charge on any atom is 0.324 e. The molecule has 5 rings (SSSR count). The molecule has 0 aliphatic carbocycles. The zero-order valence-corrected chi connectivity index (χ0v) is 22.5. The first-order valence-electron chi connectivity index (χ1n) is 12.7. The van der Waals surface area contributed by atoms with E-state index >= 15 is 0 Å². The van der Waals surface area contributed by atoms with Crippen LogP contribution in [0.1, 0.15) is 40.3 Å². The third-order valence-electron chi connectivity index (χ3n) is 5.82. The number of aromatic nitrogens is 4. The average molecular weight is 526 g/mol. The van der Waals surface area contributed by atoms with Crippen molar-refractivity contribution in [2.24, 2.45) is 0 Å². The molecule has 39 heavy (non-hydrogen) atoms. The smallest absolute Gasteiger partial charge is 0.324 e. The van der Waals surface area contributed by atoms with Crippen LogP contribution in [0.4, 0.5) is 22.1 Å². The maximum atomic E-state index is 13.0. The third kappa shape index (κ3) is 6.18. The number of urea groups is 1. The van der Waals surface area contributed by atoms with Crippen LogP contribution in [0, 0.1) is 0 Å². The summed E-state index contributed by atoms with van der Waals surface area (Å²) in [4.78, 5) is 17.3. The number of nitrogens with zero attached hydrogens (tertiary/aromatic N) is 4. The number of ether oxygens (including phenoxy) is 1. The van der Waals surface area contributed by atoms with Crippen LogP contribution in [0.5, 0.6) is 11.5 Å². The lowest BCUT2D eigenvalue weighted by Crippen LogP contribution is -2.21. The molecular weight excluding hydrogens is 494 g/mol. The molecule has 0 aliphatic rings. The molecule has 0 spiro atoms. The Bertz CT molecular complexity index is 1600. The van der Waals surface area contributed by atoms with Gasteiger partial charge in [0, 0.05) is 40.9 Å². The van der Waals surface area contributed by atoms with Gasteiger partial charge < -0.3 is 19.9 Å². The fourth-order valence-electron chi connectivity index (χ4n) is 3.90. The fraction of sp³-hybridized carbons (Fsp3) is 0.241. The number of amides is 2. The molecule has 2 amide bonds. The topological polar surface area (TPSA) is 119 Å². The molecule has 10 nitrogen and oxygen atoms in total. The first-order chi connectivity index (χ1) is 18.6. The summed E-state index contributed by atoms with van der Waals surface area (Å²) >= 11 is 0. The molecule has 0 saturated heterocycles. The number of carbonyl (C=O) groups is 1. The molecule has 0 fully saturated rings. The summed E-state index contributed by atoms with van der Waals surface area (Å²) in [6.07, 6.45) is 3.34. The highest BCUT2D eigenvalue weighted by Crippen LogP contribution is 2.28. The second-order valence-corrected chi connectivity index (χ2v) is 10.5. The number of hydrogen-bond acceptors (Lipinski definition) is 7. The summed E-state index contributed by atoms with van der Waals surface area (Å²) in [5.41, 5.74) is 2.70. The lowest BCUT2D eigenvalue weighted by molar-refractivity contribution is 0.262. The van der Waals surface area contributed by atoms with E-state index in [2.05, 4.69) is 46.9 Å². The van der Waals surface area contributed by atoms with Gasteiger partial charge in [-0.1, -0.05) is 25.9 Å². The summed E-state index contributed by atoms with van der Waals surface area (Å²) in [6, 6.07) is 18.2. The molecular formula is C29H31N7O3. The average Bonchev–Trinajstić information content (AvgIpc) is 3.51. The fourth-order valence-corrected chi connectivity index (χ4v) is 3.90. The van der Waals surface area contributed by atoms with E-state index in [0.29, 0.717) is 28.6 Å². The molecule has 5 aromatic rings. The van der Waals surface area contributed by atoms with E-state index in [1.54, 1.807) is 47.4 Å². The van der Waals surface area contributed by atoms with Crippen LogP contribution in [0.2, 0.25) is 0 Å². The number of carbonyl (C=O) groups excluding carboxylic acids is 1. The minimum atomic E-state index is -0.394. The minimum Gasteiger partial charge on any atom is -0.457 e. The van der Waals surface area contributed by atoms with Gasteiger partial charge in [0.25, 0.3) is 0 Å². The van der Waals surface area contributed by atoms with Gasteiger partial charge in [-0.3, -0.25) is 5.32 Å². The van der Waals surface area contributed by atoms with Crippen LogP contribution in [0.25, 0.3) is 16.7 Å². The van der Waals surface area contributed by atoms with Crippen LogP contribution in [0.15, 0.2) is 77.6 Å². The number of hydrogen-bond donors (Lipinski definition) is 3. The van der Waals surface area contributed by atoms with Crippen molar-refractivity contribution in [3.8, 4) is 17.2 Å². The molecule has 3 N–H and O–H groups in total. The Balaban J connectivity index is 1.29. The molecule has 0 aliphatic heterocycles. The van der Waals surface area contributed by atoms with E-state index in [9.17, 15) is 4.79 Å². The normalized spacial score (nSPS) is 11.5. The second-order valence-electron chi connectivity index (χ2n) is 10.5. The van der Waals surface area contributed by atoms with Gasteiger partial charge in [-0.2, -0.15) is 5.10 Å². The number of fused-ring (bicyclic) bond motifs is 1. The predicted molar refractivity (Wildman–Crippen MR) is 152 cm³/mol. The Labute approximate surface area is 226 Å². The Morgan fingerprint density at radius 3 is 2.51 bits per heavy atom. The van der Waals surface area contributed by atoms with E-state index in [0.717, 1.165) is 22.6 Å². The Kier molecular flexibility index (Phi) is 6.93. The molecule has 3 heterocycles. The van der Waals surface area contributed by atoms with Crippen molar-refractivity contribution in [2.75, 3.05) is 16.0 Å². The molecule has 0 radical (unpaired) electrons. The van der Waals surface area contributed by atoms with Gasteiger partial charge in [0.15, 0.2) is 5.58 Å². The second kappa shape index (κ2) is 10.5. The van der Waals surface area contributed by atoms with Crippen LogP contribution >= 0.6 is 0 Å². The quantitative estimate of drug-likeness (QED) is 0.210. The zero-order chi connectivity index (χ0) is 27.6. The number of pyridine rings is 1. The van der Waals surface area contributed by atoms with E-state index in [1.807, 2.05) is 44.2 Å². The van der Waals surface area contributed by atoms with Crippen molar-refractivity contribution in [3.63, 3.8) is 0 Å². The van der Waals surface area contributed by atoms with Crippen LogP contribution in [-0.4, -0.2) is 32.0 Å². The Morgan fingerprint density at radius 2 is 1.77 bits per heavy atom. The molecule has 0 saturated carbocycles. The maximum absolute atomic E-state index is 13.0. The molecule has 200 valence electrons. The van der Waals surface area contributed by atoms with Crippen molar-refractivity contribution in [1.82, 2.24) is 19.9 Å². The molecule has 2 aromatic carbocycles. The molecule has 0 bridgehead atoms. The lowest BCUT2D eigenvalue weighted by Gasteiger charge is -2.14. The zero-order valence-electron chi connectivity index (χ0n) is 22.5. The van der Waals surface area contributed by atoms with Crippen molar-refractivity contribution < 1.29 is 14.1 Å². The SMILES string of the molecule is CC(C)Nc1cc(Oc2ccc(NC(=O)Nc3cc(C(C)(C)C)nn3-c3ccc4oncc4c3)cc2)ccn1. The van der Waals surface area contributed by atoms with Crippen molar-refractivity contribution in [2.45, 2.75) is 46.1 Å². The van der Waals surface area contributed by atoms with Gasteiger partial charge >= 0.3 is 6.03 Å². The first-order valence-corrected chi connectivity index (χ1v) is 12.7. The molecule has 10 heteroatoms. The summed E-state index contributed by atoms with van der Waals surface area (Å²) in [6.45, 7) is 10.3. The van der Waals surface area contributed by atoms with Gasteiger partial charge in [0.2, 0.25) is 0 Å². The number of anilines is 3.